The van der Waals surface area contributed by atoms with Gasteiger partial charge in [0.2, 0.25) is 0 Å². The number of nitrogen functional groups attached to an aromatic ring is 2. The van der Waals surface area contributed by atoms with Gasteiger partial charge in [0.05, 0.1) is 18.0 Å². The summed E-state index contributed by atoms with van der Waals surface area (Å²) in [5.41, 5.74) is 11.6. The van der Waals surface area contributed by atoms with E-state index in [9.17, 15) is 4.79 Å². The van der Waals surface area contributed by atoms with Crippen molar-refractivity contribution in [3.63, 3.8) is 0 Å². The minimum atomic E-state index is -1.08. The van der Waals surface area contributed by atoms with Crippen molar-refractivity contribution in [2.75, 3.05) is 18.1 Å². The summed E-state index contributed by atoms with van der Waals surface area (Å²) in [6.45, 7) is 2.14. The maximum Gasteiger partial charge on any atom is 0.339 e. The number of anilines is 2. The molecular weight excluding hydrogens is 184 g/mol. The lowest BCUT2D eigenvalue weighted by molar-refractivity contribution is 0.0692. The Morgan fingerprint density at radius 1 is 1.43 bits per heavy atom. The van der Waals surface area contributed by atoms with E-state index >= 15 is 0 Å². The number of aromatic carboxylic acids is 1. The topological polar surface area (TPSA) is 98.6 Å². The maximum absolute atomic E-state index is 10.8. The van der Waals surface area contributed by atoms with E-state index in [0.29, 0.717) is 12.3 Å². The van der Waals surface area contributed by atoms with Crippen LogP contribution < -0.4 is 16.2 Å². The minimum Gasteiger partial charge on any atom is -0.493 e. The Labute approximate surface area is 81.3 Å². The summed E-state index contributed by atoms with van der Waals surface area (Å²) in [6, 6.07) is 2.71. The van der Waals surface area contributed by atoms with E-state index in [4.69, 9.17) is 21.3 Å². The van der Waals surface area contributed by atoms with Crippen molar-refractivity contribution in [1.29, 1.82) is 0 Å². The van der Waals surface area contributed by atoms with Crippen LogP contribution >= 0.6 is 0 Å². The second kappa shape index (κ2) is 3.87. The predicted molar refractivity (Wildman–Crippen MR) is 53.4 cm³/mol. The molecular formula is C9H12N2O3. The molecule has 0 spiro atoms. The lowest BCUT2D eigenvalue weighted by atomic mass is 10.1. The number of hydrogen-bond acceptors (Lipinski definition) is 4. The second-order valence-corrected chi connectivity index (χ2v) is 2.72. The molecule has 1 rings (SSSR count). The smallest absolute Gasteiger partial charge is 0.339 e. The van der Waals surface area contributed by atoms with Gasteiger partial charge in [-0.15, -0.1) is 0 Å². The van der Waals surface area contributed by atoms with Crippen LogP contribution in [0.2, 0.25) is 0 Å². The fourth-order valence-corrected chi connectivity index (χ4v) is 1.05. The summed E-state index contributed by atoms with van der Waals surface area (Å²) in [5, 5.41) is 8.83. The van der Waals surface area contributed by atoms with Crippen molar-refractivity contribution in [3.05, 3.63) is 17.7 Å². The Bertz CT molecular complexity index is 363. The number of carboxylic acid groups (broad SMARTS) is 1. The lowest BCUT2D eigenvalue weighted by Gasteiger charge is -2.09. The first kappa shape index (κ1) is 10.2. The van der Waals surface area contributed by atoms with Crippen LogP contribution in [0.4, 0.5) is 11.4 Å². The number of nitrogens with two attached hydrogens (primary N) is 2. The summed E-state index contributed by atoms with van der Waals surface area (Å²) in [4.78, 5) is 10.8. The molecule has 1 aromatic rings. The van der Waals surface area contributed by atoms with Gasteiger partial charge in [0, 0.05) is 6.07 Å². The van der Waals surface area contributed by atoms with E-state index in [1.807, 2.05) is 0 Å². The molecule has 0 fully saturated rings. The molecule has 76 valence electrons. The van der Waals surface area contributed by atoms with Crippen molar-refractivity contribution in [2.24, 2.45) is 0 Å². The number of rotatable bonds is 3. The molecule has 0 saturated heterocycles. The third kappa shape index (κ3) is 1.87. The van der Waals surface area contributed by atoms with E-state index in [-0.39, 0.29) is 17.0 Å². The molecule has 0 aliphatic heterocycles. The lowest BCUT2D eigenvalue weighted by Crippen LogP contribution is -2.06. The highest BCUT2D eigenvalue weighted by Gasteiger charge is 2.13. The van der Waals surface area contributed by atoms with Crippen LogP contribution in [0.5, 0.6) is 5.75 Å². The predicted octanol–water partition coefficient (Wildman–Crippen LogP) is 0.948. The van der Waals surface area contributed by atoms with E-state index < -0.39 is 5.97 Å². The van der Waals surface area contributed by atoms with Crippen molar-refractivity contribution in [3.8, 4) is 5.75 Å². The van der Waals surface area contributed by atoms with Crippen LogP contribution in [-0.2, 0) is 0 Å². The number of benzene rings is 1. The highest BCUT2D eigenvalue weighted by molar-refractivity contribution is 5.93. The molecule has 1 aromatic carbocycles. The Hall–Kier alpha value is -1.91. The number of carbonyl (C=O) groups is 1. The van der Waals surface area contributed by atoms with Gasteiger partial charge in [0.15, 0.2) is 0 Å². The Kier molecular flexibility index (Phi) is 2.81. The highest BCUT2D eigenvalue weighted by atomic mass is 16.5. The van der Waals surface area contributed by atoms with Gasteiger partial charge in [-0.2, -0.15) is 0 Å². The molecule has 0 unspecified atom stereocenters. The van der Waals surface area contributed by atoms with Gasteiger partial charge in [0.1, 0.15) is 11.3 Å². The molecule has 5 heteroatoms. The molecule has 0 amide bonds. The van der Waals surface area contributed by atoms with E-state index in [2.05, 4.69) is 0 Å². The summed E-state index contributed by atoms with van der Waals surface area (Å²) >= 11 is 0. The number of hydrogen-bond donors (Lipinski definition) is 3. The Balaban J connectivity index is 3.24. The molecule has 0 radical (unpaired) electrons. The van der Waals surface area contributed by atoms with E-state index in [0.717, 1.165) is 0 Å². The molecule has 0 bridgehead atoms. The van der Waals surface area contributed by atoms with Crippen LogP contribution in [0, 0.1) is 0 Å². The zero-order chi connectivity index (χ0) is 10.7. The summed E-state index contributed by atoms with van der Waals surface area (Å²) in [5.74, 6) is -0.841. The zero-order valence-corrected chi connectivity index (χ0v) is 7.78. The first-order valence-corrected chi connectivity index (χ1v) is 4.11. The molecule has 0 aromatic heterocycles. The van der Waals surface area contributed by atoms with E-state index in [1.54, 1.807) is 6.92 Å². The van der Waals surface area contributed by atoms with Gasteiger partial charge >= 0.3 is 5.97 Å². The zero-order valence-electron chi connectivity index (χ0n) is 7.78. The summed E-state index contributed by atoms with van der Waals surface area (Å²) in [7, 11) is 0. The van der Waals surface area contributed by atoms with Crippen molar-refractivity contribution in [2.45, 2.75) is 6.92 Å². The van der Waals surface area contributed by atoms with Gasteiger partial charge < -0.3 is 21.3 Å². The van der Waals surface area contributed by atoms with Gasteiger partial charge in [-0.3, -0.25) is 0 Å². The minimum absolute atomic E-state index is 0.0264. The van der Waals surface area contributed by atoms with Crippen LogP contribution in [0.1, 0.15) is 17.3 Å². The third-order valence-corrected chi connectivity index (χ3v) is 1.72. The molecule has 0 aliphatic carbocycles. The van der Waals surface area contributed by atoms with Crippen LogP contribution in [-0.4, -0.2) is 17.7 Å². The fraction of sp³-hybridized carbons (Fsp3) is 0.222. The standard InChI is InChI=1S/C9H12N2O3/c1-2-14-8-4-7(11)6(10)3-5(8)9(12)13/h3-4H,2,10-11H2,1H3,(H,12,13). The molecule has 0 aliphatic rings. The Morgan fingerprint density at radius 3 is 2.50 bits per heavy atom. The molecule has 5 N–H and O–H groups in total. The van der Waals surface area contributed by atoms with Crippen molar-refractivity contribution >= 4 is 17.3 Å². The summed E-state index contributed by atoms with van der Waals surface area (Å²) < 4.78 is 5.12. The molecule has 0 saturated carbocycles. The molecule has 14 heavy (non-hydrogen) atoms. The van der Waals surface area contributed by atoms with E-state index in [1.165, 1.54) is 12.1 Å². The SMILES string of the molecule is CCOc1cc(N)c(N)cc1C(=O)O. The third-order valence-electron chi connectivity index (χ3n) is 1.72. The van der Waals surface area contributed by atoms with Crippen LogP contribution in [0.3, 0.4) is 0 Å². The van der Waals surface area contributed by atoms with Crippen molar-refractivity contribution in [1.82, 2.24) is 0 Å². The van der Waals surface area contributed by atoms with Gasteiger partial charge in [0.25, 0.3) is 0 Å². The van der Waals surface area contributed by atoms with Gasteiger partial charge in [-0.25, -0.2) is 4.79 Å². The average molecular weight is 196 g/mol. The van der Waals surface area contributed by atoms with Gasteiger partial charge in [-0.05, 0) is 13.0 Å². The second-order valence-electron chi connectivity index (χ2n) is 2.72. The number of carboxylic acids is 1. The normalized spacial score (nSPS) is 9.79. The first-order valence-electron chi connectivity index (χ1n) is 4.11. The molecule has 0 heterocycles. The monoisotopic (exact) mass is 196 g/mol. The summed E-state index contributed by atoms with van der Waals surface area (Å²) in [6.07, 6.45) is 0. The van der Waals surface area contributed by atoms with Crippen molar-refractivity contribution < 1.29 is 14.6 Å². The molecule has 5 nitrogen and oxygen atoms in total. The van der Waals surface area contributed by atoms with Crippen LogP contribution in [0.25, 0.3) is 0 Å². The first-order chi connectivity index (χ1) is 6.56. The molecule has 0 atom stereocenters. The fourth-order valence-electron chi connectivity index (χ4n) is 1.05. The van der Waals surface area contributed by atoms with Crippen LogP contribution in [0.15, 0.2) is 12.1 Å². The Morgan fingerprint density at radius 2 is 2.00 bits per heavy atom. The maximum atomic E-state index is 10.8. The number of ether oxygens (including phenoxy) is 1. The van der Waals surface area contributed by atoms with Gasteiger partial charge in [-0.1, -0.05) is 0 Å². The highest BCUT2D eigenvalue weighted by Crippen LogP contribution is 2.27. The quantitative estimate of drug-likeness (QED) is 0.625. The average Bonchev–Trinajstić information content (AvgIpc) is 2.11. The largest absolute Gasteiger partial charge is 0.493 e.